The van der Waals surface area contributed by atoms with Gasteiger partial charge in [0, 0.05) is 24.5 Å². The van der Waals surface area contributed by atoms with Crippen LogP contribution in [0.3, 0.4) is 0 Å². The lowest BCUT2D eigenvalue weighted by Crippen LogP contribution is -2.28. The standard InChI is InChI=1S/C24H21N5O4S/c1-3-33-17-8-5-9-18-22(17)26-24(34-18)29-19(12-14(2)27-29)25-23(32)15-6-4-7-16(13-15)28-20(30)10-11-21(28)31/h4-9,12-13H,3,10-11H2,1-2H3,(H,25,32). The molecule has 1 aliphatic heterocycles. The maximum atomic E-state index is 13.1. The normalized spacial score (nSPS) is 13.6. The first-order valence-corrected chi connectivity index (χ1v) is 11.6. The largest absolute Gasteiger partial charge is 0.492 e. The van der Waals surface area contributed by atoms with Crippen LogP contribution in [0.5, 0.6) is 5.75 Å². The van der Waals surface area contributed by atoms with Gasteiger partial charge in [-0.1, -0.05) is 23.5 Å². The van der Waals surface area contributed by atoms with Crippen LogP contribution in [0.25, 0.3) is 15.3 Å². The first-order chi connectivity index (χ1) is 16.4. The minimum Gasteiger partial charge on any atom is -0.492 e. The Bertz CT molecular complexity index is 1420. The molecule has 34 heavy (non-hydrogen) atoms. The number of hydrogen-bond acceptors (Lipinski definition) is 7. The van der Waals surface area contributed by atoms with Crippen LogP contribution in [0.4, 0.5) is 11.5 Å². The van der Waals surface area contributed by atoms with Gasteiger partial charge in [0.1, 0.15) is 17.1 Å². The fourth-order valence-electron chi connectivity index (χ4n) is 3.85. The topological polar surface area (TPSA) is 106 Å². The maximum Gasteiger partial charge on any atom is 0.256 e. The number of nitrogens with one attached hydrogen (secondary N) is 1. The van der Waals surface area contributed by atoms with Gasteiger partial charge in [-0.2, -0.15) is 9.78 Å². The molecule has 2 aromatic heterocycles. The highest BCUT2D eigenvalue weighted by molar-refractivity contribution is 7.20. The summed E-state index contributed by atoms with van der Waals surface area (Å²) in [6.45, 7) is 4.28. The number of thiazole rings is 1. The van der Waals surface area contributed by atoms with Gasteiger partial charge >= 0.3 is 0 Å². The Morgan fingerprint density at radius 3 is 2.65 bits per heavy atom. The van der Waals surface area contributed by atoms with E-state index in [1.165, 1.54) is 17.4 Å². The Balaban J connectivity index is 1.45. The van der Waals surface area contributed by atoms with Crippen molar-refractivity contribution >= 4 is 50.8 Å². The quantitative estimate of drug-likeness (QED) is 0.421. The fraction of sp³-hybridized carbons (Fsp3) is 0.208. The molecule has 5 rings (SSSR count). The zero-order chi connectivity index (χ0) is 23.8. The summed E-state index contributed by atoms with van der Waals surface area (Å²) in [7, 11) is 0. The predicted molar refractivity (Wildman–Crippen MR) is 129 cm³/mol. The molecule has 9 nitrogen and oxygen atoms in total. The van der Waals surface area contributed by atoms with Crippen LogP contribution >= 0.6 is 11.3 Å². The lowest BCUT2D eigenvalue weighted by atomic mass is 10.1. The van der Waals surface area contributed by atoms with Gasteiger partial charge < -0.3 is 10.1 Å². The zero-order valence-electron chi connectivity index (χ0n) is 18.6. The van der Waals surface area contributed by atoms with Gasteiger partial charge in [-0.05, 0) is 44.2 Å². The molecule has 172 valence electrons. The third kappa shape index (κ3) is 3.92. The molecule has 0 bridgehead atoms. The number of carbonyl (C=O) groups excluding carboxylic acids is 3. The van der Waals surface area contributed by atoms with Crippen molar-refractivity contribution in [2.75, 3.05) is 16.8 Å². The number of rotatable bonds is 6. The summed E-state index contributed by atoms with van der Waals surface area (Å²) >= 11 is 1.44. The summed E-state index contributed by atoms with van der Waals surface area (Å²) in [5.41, 5.74) is 2.15. The second-order valence-corrected chi connectivity index (χ2v) is 8.75. The number of anilines is 2. The summed E-state index contributed by atoms with van der Waals surface area (Å²) in [5.74, 6) is 0.230. The van der Waals surface area contributed by atoms with Crippen LogP contribution in [0, 0.1) is 6.92 Å². The van der Waals surface area contributed by atoms with Gasteiger partial charge in [-0.15, -0.1) is 0 Å². The zero-order valence-corrected chi connectivity index (χ0v) is 19.4. The van der Waals surface area contributed by atoms with Crippen LogP contribution in [-0.2, 0) is 9.59 Å². The van der Waals surface area contributed by atoms with E-state index in [2.05, 4.69) is 10.4 Å². The third-order valence-corrected chi connectivity index (χ3v) is 6.34. The average molecular weight is 476 g/mol. The molecule has 2 aromatic carbocycles. The molecule has 0 aliphatic carbocycles. The number of aromatic nitrogens is 3. The summed E-state index contributed by atoms with van der Waals surface area (Å²) in [6, 6.07) is 14.0. The average Bonchev–Trinajstić information content (AvgIpc) is 3.51. The maximum absolute atomic E-state index is 13.1. The van der Waals surface area contributed by atoms with Crippen molar-refractivity contribution in [3.05, 3.63) is 59.8 Å². The molecule has 0 saturated carbocycles. The van der Waals surface area contributed by atoms with Gasteiger partial charge in [-0.25, -0.2) is 4.98 Å². The molecule has 0 radical (unpaired) electrons. The number of carbonyl (C=O) groups is 3. The van der Waals surface area contributed by atoms with E-state index in [1.54, 1.807) is 28.9 Å². The second-order valence-electron chi connectivity index (χ2n) is 7.74. The monoisotopic (exact) mass is 475 g/mol. The van der Waals surface area contributed by atoms with Gasteiger partial charge in [0.25, 0.3) is 5.91 Å². The third-order valence-electron chi connectivity index (χ3n) is 5.34. The number of benzene rings is 2. The van der Waals surface area contributed by atoms with E-state index in [-0.39, 0.29) is 24.7 Å². The molecule has 0 spiro atoms. The molecule has 1 saturated heterocycles. The van der Waals surface area contributed by atoms with Crippen molar-refractivity contribution in [1.29, 1.82) is 0 Å². The van der Waals surface area contributed by atoms with Crippen molar-refractivity contribution in [3.63, 3.8) is 0 Å². The summed E-state index contributed by atoms with van der Waals surface area (Å²) in [4.78, 5) is 43.1. The molecule has 0 unspecified atom stereocenters. The first kappa shape index (κ1) is 21.8. The van der Waals surface area contributed by atoms with E-state index in [9.17, 15) is 14.4 Å². The lowest BCUT2D eigenvalue weighted by molar-refractivity contribution is -0.121. The van der Waals surface area contributed by atoms with E-state index < -0.39 is 5.91 Å². The molecule has 0 atom stereocenters. The molecule has 4 aromatic rings. The molecule has 3 amide bonds. The Kier molecular flexibility index (Phi) is 5.58. The summed E-state index contributed by atoms with van der Waals surface area (Å²) in [6.07, 6.45) is 0.363. The van der Waals surface area contributed by atoms with E-state index in [0.29, 0.717) is 40.3 Å². The Hall–Kier alpha value is -4.05. The van der Waals surface area contributed by atoms with E-state index in [0.717, 1.165) is 15.1 Å². The smallest absolute Gasteiger partial charge is 0.256 e. The minimum atomic E-state index is -0.391. The molecule has 10 heteroatoms. The van der Waals surface area contributed by atoms with Crippen LogP contribution in [0.15, 0.2) is 48.5 Å². The molecule has 3 heterocycles. The fourth-order valence-corrected chi connectivity index (χ4v) is 4.80. The number of ether oxygens (including phenoxy) is 1. The van der Waals surface area contributed by atoms with E-state index >= 15 is 0 Å². The van der Waals surface area contributed by atoms with Gasteiger partial charge in [0.2, 0.25) is 16.9 Å². The summed E-state index contributed by atoms with van der Waals surface area (Å²) < 4.78 is 8.22. The highest BCUT2D eigenvalue weighted by Crippen LogP contribution is 2.33. The van der Waals surface area contributed by atoms with Gasteiger partial charge in [0.05, 0.1) is 22.7 Å². The van der Waals surface area contributed by atoms with Crippen LogP contribution in [-0.4, -0.2) is 39.1 Å². The van der Waals surface area contributed by atoms with E-state index in [4.69, 9.17) is 9.72 Å². The Labute approximate surface area is 199 Å². The van der Waals surface area contributed by atoms with Crippen LogP contribution in [0.1, 0.15) is 35.8 Å². The molecule has 1 aliphatic rings. The highest BCUT2D eigenvalue weighted by atomic mass is 32.1. The van der Waals surface area contributed by atoms with E-state index in [1.807, 2.05) is 32.0 Å². The molecular weight excluding hydrogens is 454 g/mol. The highest BCUT2D eigenvalue weighted by Gasteiger charge is 2.30. The van der Waals surface area contributed by atoms with Crippen molar-refractivity contribution in [2.45, 2.75) is 26.7 Å². The first-order valence-electron chi connectivity index (χ1n) is 10.8. The summed E-state index contributed by atoms with van der Waals surface area (Å²) in [5, 5.41) is 7.98. The van der Waals surface area contributed by atoms with Crippen molar-refractivity contribution in [3.8, 4) is 10.9 Å². The SMILES string of the molecule is CCOc1cccc2sc(-n3nc(C)cc3NC(=O)c3cccc(N4C(=O)CCC4=O)c3)nc12. The predicted octanol–water partition coefficient (Wildman–Crippen LogP) is 4.09. The number of hydrogen-bond donors (Lipinski definition) is 1. The number of fused-ring (bicyclic) bond motifs is 1. The lowest BCUT2D eigenvalue weighted by Gasteiger charge is -2.15. The number of para-hydroxylation sites is 1. The number of aryl methyl sites for hydroxylation is 1. The molecule has 1 fully saturated rings. The second kappa shape index (κ2) is 8.71. The van der Waals surface area contributed by atoms with Crippen molar-refractivity contribution in [2.24, 2.45) is 0 Å². The number of amides is 3. The molecular formula is C24H21N5O4S. The van der Waals surface area contributed by atoms with Crippen molar-refractivity contribution in [1.82, 2.24) is 14.8 Å². The number of imide groups is 1. The minimum absolute atomic E-state index is 0.181. The van der Waals surface area contributed by atoms with Crippen LogP contribution < -0.4 is 15.0 Å². The number of nitrogens with zero attached hydrogens (tertiary/aromatic N) is 4. The van der Waals surface area contributed by atoms with Crippen molar-refractivity contribution < 1.29 is 19.1 Å². The van der Waals surface area contributed by atoms with Gasteiger partial charge in [-0.3, -0.25) is 19.3 Å². The van der Waals surface area contributed by atoms with Gasteiger partial charge in [0.15, 0.2) is 0 Å². The molecule has 1 N–H and O–H groups in total. The Morgan fingerprint density at radius 1 is 1.12 bits per heavy atom. The van der Waals surface area contributed by atoms with Crippen LogP contribution in [0.2, 0.25) is 0 Å². The Morgan fingerprint density at radius 2 is 1.88 bits per heavy atom.